The summed E-state index contributed by atoms with van der Waals surface area (Å²) in [7, 11) is 0. The molecule has 7 heteroatoms. The number of carbonyl (C=O) groups is 1. The van der Waals surface area contributed by atoms with Crippen LogP contribution in [0.1, 0.15) is 66.4 Å². The maximum absolute atomic E-state index is 12.7. The van der Waals surface area contributed by atoms with E-state index in [0.29, 0.717) is 30.1 Å². The minimum atomic E-state index is -0.0765. The normalized spacial score (nSPS) is 24.1. The van der Waals surface area contributed by atoms with Crippen molar-refractivity contribution in [1.29, 1.82) is 0 Å². The Kier molecular flexibility index (Phi) is 3.66. The van der Waals surface area contributed by atoms with Gasteiger partial charge in [0, 0.05) is 31.0 Å². The van der Waals surface area contributed by atoms with Crippen molar-refractivity contribution in [2.45, 2.75) is 45.4 Å². The maximum atomic E-state index is 12.7. The highest BCUT2D eigenvalue weighted by atomic mass is 16.5. The predicted molar refractivity (Wildman–Crippen MR) is 86.6 cm³/mol. The van der Waals surface area contributed by atoms with Gasteiger partial charge in [0.2, 0.25) is 5.76 Å². The van der Waals surface area contributed by atoms with Gasteiger partial charge in [-0.3, -0.25) is 9.89 Å². The number of carbonyl (C=O) groups excluding carboxylic acids is 1. The number of aromatic nitrogens is 4. The summed E-state index contributed by atoms with van der Waals surface area (Å²) >= 11 is 0. The molecule has 0 bridgehead atoms. The second-order valence-corrected chi connectivity index (χ2v) is 7.38. The van der Waals surface area contributed by atoms with E-state index in [1.165, 1.54) is 12.8 Å². The van der Waals surface area contributed by atoms with Crippen molar-refractivity contribution in [3.05, 3.63) is 29.2 Å². The third-order valence-corrected chi connectivity index (χ3v) is 5.11. The minimum absolute atomic E-state index is 0.0765. The summed E-state index contributed by atoms with van der Waals surface area (Å²) in [6.07, 6.45) is 2.49. The molecule has 1 aliphatic carbocycles. The van der Waals surface area contributed by atoms with Gasteiger partial charge in [-0.1, -0.05) is 19.0 Å². The van der Waals surface area contributed by atoms with Crippen LogP contribution in [0.25, 0.3) is 0 Å². The number of amides is 1. The number of likely N-dealkylation sites (tertiary alicyclic amines) is 1. The average Bonchev–Trinajstić information content (AvgIpc) is 2.99. The predicted octanol–water partition coefficient (Wildman–Crippen LogP) is 2.49. The fourth-order valence-electron chi connectivity index (χ4n) is 3.62. The summed E-state index contributed by atoms with van der Waals surface area (Å²) in [6.45, 7) is 7.41. The highest BCUT2D eigenvalue weighted by molar-refractivity contribution is 5.91. The molecule has 0 aromatic carbocycles. The highest BCUT2D eigenvalue weighted by Gasteiger charge is 2.46. The lowest BCUT2D eigenvalue weighted by molar-refractivity contribution is 0.0743. The standard InChI is InChI=1S/C17H23N5O2/c1-9(2)15-18-16(20-19-15)13-8-22(7-12(13)11-4-5-11)17(23)14-6-10(3)21-24-14/h6,9,11-13H,4-5,7-8H2,1-3H3,(H,18,19,20)/t12-,13+/m1/s1. The largest absolute Gasteiger partial charge is 0.351 e. The van der Waals surface area contributed by atoms with Gasteiger partial charge in [0.05, 0.1) is 5.69 Å². The molecule has 1 N–H and O–H groups in total. The molecule has 1 saturated heterocycles. The molecule has 7 nitrogen and oxygen atoms in total. The SMILES string of the molecule is Cc1cc(C(=O)N2C[C@H](c3nc(C(C)C)n[nH]3)[C@@H](C3CC3)C2)on1. The lowest BCUT2D eigenvalue weighted by Gasteiger charge is -2.14. The number of aromatic amines is 1. The molecular weight excluding hydrogens is 306 g/mol. The fourth-order valence-corrected chi connectivity index (χ4v) is 3.62. The van der Waals surface area contributed by atoms with Crippen LogP contribution < -0.4 is 0 Å². The van der Waals surface area contributed by atoms with Crippen LogP contribution in [0.2, 0.25) is 0 Å². The van der Waals surface area contributed by atoms with Crippen molar-refractivity contribution in [2.24, 2.45) is 11.8 Å². The summed E-state index contributed by atoms with van der Waals surface area (Å²) in [5.74, 6) is 3.67. The summed E-state index contributed by atoms with van der Waals surface area (Å²) in [5, 5.41) is 11.3. The van der Waals surface area contributed by atoms with E-state index in [0.717, 1.165) is 23.9 Å². The molecule has 0 spiro atoms. The Morgan fingerprint density at radius 1 is 1.38 bits per heavy atom. The number of H-pyrrole nitrogens is 1. The molecule has 24 heavy (non-hydrogen) atoms. The maximum Gasteiger partial charge on any atom is 0.292 e. The van der Waals surface area contributed by atoms with Gasteiger partial charge >= 0.3 is 0 Å². The molecule has 2 fully saturated rings. The highest BCUT2D eigenvalue weighted by Crippen LogP contribution is 2.47. The number of nitrogens with one attached hydrogen (secondary N) is 1. The monoisotopic (exact) mass is 329 g/mol. The summed E-state index contributed by atoms with van der Waals surface area (Å²) in [5.41, 5.74) is 0.727. The van der Waals surface area contributed by atoms with Gasteiger partial charge in [0.25, 0.3) is 5.91 Å². The van der Waals surface area contributed by atoms with Crippen LogP contribution in [0.3, 0.4) is 0 Å². The first-order chi connectivity index (χ1) is 11.5. The molecule has 2 atom stereocenters. The van der Waals surface area contributed by atoms with Crippen LogP contribution in [-0.4, -0.2) is 44.2 Å². The molecule has 2 aromatic heterocycles. The van der Waals surface area contributed by atoms with E-state index in [1.54, 1.807) is 6.07 Å². The van der Waals surface area contributed by atoms with E-state index in [9.17, 15) is 4.79 Å². The summed E-state index contributed by atoms with van der Waals surface area (Å²) in [4.78, 5) is 19.2. The molecule has 128 valence electrons. The molecule has 2 aromatic rings. The van der Waals surface area contributed by atoms with E-state index in [2.05, 4.69) is 34.2 Å². The quantitative estimate of drug-likeness (QED) is 0.931. The smallest absolute Gasteiger partial charge is 0.292 e. The third kappa shape index (κ3) is 2.72. The molecule has 3 heterocycles. The summed E-state index contributed by atoms with van der Waals surface area (Å²) < 4.78 is 5.15. The average molecular weight is 329 g/mol. The van der Waals surface area contributed by atoms with Crippen LogP contribution in [0, 0.1) is 18.8 Å². The number of hydrogen-bond acceptors (Lipinski definition) is 5. The van der Waals surface area contributed by atoms with Gasteiger partial charge < -0.3 is 9.42 Å². The molecule has 4 rings (SSSR count). The van der Waals surface area contributed by atoms with Crippen LogP contribution >= 0.6 is 0 Å². The Morgan fingerprint density at radius 3 is 2.75 bits per heavy atom. The van der Waals surface area contributed by atoms with Crippen LogP contribution in [0.4, 0.5) is 0 Å². The first kappa shape index (κ1) is 15.4. The van der Waals surface area contributed by atoms with Crippen LogP contribution in [-0.2, 0) is 0 Å². The topological polar surface area (TPSA) is 87.9 Å². The molecule has 1 saturated carbocycles. The number of hydrogen-bond donors (Lipinski definition) is 1. The third-order valence-electron chi connectivity index (χ3n) is 5.11. The first-order valence-electron chi connectivity index (χ1n) is 8.67. The first-order valence-corrected chi connectivity index (χ1v) is 8.67. The van der Waals surface area contributed by atoms with E-state index in [4.69, 9.17) is 4.52 Å². The number of aryl methyl sites for hydroxylation is 1. The van der Waals surface area contributed by atoms with Gasteiger partial charge in [0.15, 0.2) is 5.82 Å². The Labute approximate surface area is 140 Å². The number of rotatable bonds is 4. The van der Waals surface area contributed by atoms with Gasteiger partial charge in [-0.2, -0.15) is 5.10 Å². The zero-order valence-corrected chi connectivity index (χ0v) is 14.3. The second kappa shape index (κ2) is 5.72. The molecule has 2 aliphatic rings. The molecule has 1 aliphatic heterocycles. The van der Waals surface area contributed by atoms with E-state index in [1.807, 2.05) is 11.8 Å². The van der Waals surface area contributed by atoms with Gasteiger partial charge in [-0.05, 0) is 31.6 Å². The van der Waals surface area contributed by atoms with Crippen molar-refractivity contribution < 1.29 is 9.32 Å². The van der Waals surface area contributed by atoms with Crippen molar-refractivity contribution in [1.82, 2.24) is 25.2 Å². The van der Waals surface area contributed by atoms with Crippen LogP contribution in [0.15, 0.2) is 10.6 Å². The van der Waals surface area contributed by atoms with Gasteiger partial charge in [-0.25, -0.2) is 4.98 Å². The lowest BCUT2D eigenvalue weighted by Crippen LogP contribution is -2.28. The van der Waals surface area contributed by atoms with Gasteiger partial charge in [0.1, 0.15) is 5.82 Å². The molecule has 0 unspecified atom stereocenters. The van der Waals surface area contributed by atoms with E-state index < -0.39 is 0 Å². The second-order valence-electron chi connectivity index (χ2n) is 7.38. The van der Waals surface area contributed by atoms with E-state index in [-0.39, 0.29) is 11.8 Å². The Balaban J connectivity index is 1.56. The molecular formula is C17H23N5O2. The zero-order chi connectivity index (χ0) is 16.8. The van der Waals surface area contributed by atoms with Crippen molar-refractivity contribution in [2.75, 3.05) is 13.1 Å². The van der Waals surface area contributed by atoms with E-state index >= 15 is 0 Å². The van der Waals surface area contributed by atoms with Crippen molar-refractivity contribution >= 4 is 5.91 Å². The molecule has 1 amide bonds. The van der Waals surface area contributed by atoms with Crippen molar-refractivity contribution in [3.63, 3.8) is 0 Å². The Hall–Kier alpha value is -2.18. The lowest BCUT2D eigenvalue weighted by atomic mass is 9.91. The molecule has 0 radical (unpaired) electrons. The van der Waals surface area contributed by atoms with Crippen molar-refractivity contribution in [3.8, 4) is 0 Å². The minimum Gasteiger partial charge on any atom is -0.351 e. The van der Waals surface area contributed by atoms with Crippen LogP contribution in [0.5, 0.6) is 0 Å². The van der Waals surface area contributed by atoms with Gasteiger partial charge in [-0.15, -0.1) is 0 Å². The Bertz CT molecular complexity index is 746. The zero-order valence-electron chi connectivity index (χ0n) is 14.3. The number of nitrogens with zero attached hydrogens (tertiary/aromatic N) is 4. The Morgan fingerprint density at radius 2 is 2.17 bits per heavy atom. The fraction of sp³-hybridized carbons (Fsp3) is 0.647. The summed E-state index contributed by atoms with van der Waals surface area (Å²) in [6, 6.07) is 1.70.